The Morgan fingerprint density at radius 3 is 2.38 bits per heavy atom. The summed E-state index contributed by atoms with van der Waals surface area (Å²) in [4.78, 5) is 12.3. The molecule has 7 nitrogen and oxygen atoms in total. The van der Waals surface area contributed by atoms with Crippen molar-refractivity contribution in [2.45, 2.75) is 49.5 Å². The largest absolute Gasteiger partial charge is 0.497 e. The number of methoxy groups -OCH3 is 2. The smallest absolute Gasteiger partial charge is 0.247 e. The van der Waals surface area contributed by atoms with Gasteiger partial charge in [0.25, 0.3) is 0 Å². The number of hydrogen-bond acceptors (Lipinski definition) is 5. The lowest BCUT2D eigenvalue weighted by molar-refractivity contribution is -0.121. The van der Waals surface area contributed by atoms with Crippen molar-refractivity contribution < 1.29 is 22.7 Å². The summed E-state index contributed by atoms with van der Waals surface area (Å²) in [5.41, 5.74) is 0. The molecule has 1 aromatic carbocycles. The number of nitrogens with one attached hydrogen (secondary N) is 1. The number of likely N-dealkylation sites (N-methyl/N-ethyl adjacent to an activating group) is 1. The van der Waals surface area contributed by atoms with E-state index in [4.69, 9.17) is 9.47 Å². The van der Waals surface area contributed by atoms with Crippen LogP contribution < -0.4 is 14.8 Å². The van der Waals surface area contributed by atoms with Gasteiger partial charge in [-0.25, -0.2) is 8.42 Å². The van der Waals surface area contributed by atoms with Crippen molar-refractivity contribution in [1.82, 2.24) is 9.62 Å². The van der Waals surface area contributed by atoms with Gasteiger partial charge in [0, 0.05) is 19.2 Å². The summed E-state index contributed by atoms with van der Waals surface area (Å²) in [5.74, 6) is 0.326. The average molecular weight is 384 g/mol. The van der Waals surface area contributed by atoms with Crippen LogP contribution >= 0.6 is 0 Å². The van der Waals surface area contributed by atoms with Crippen molar-refractivity contribution in [3.05, 3.63) is 18.2 Å². The summed E-state index contributed by atoms with van der Waals surface area (Å²) in [6, 6.07) is 4.68. The maximum Gasteiger partial charge on any atom is 0.247 e. The first-order valence-electron chi connectivity index (χ1n) is 8.86. The van der Waals surface area contributed by atoms with Gasteiger partial charge in [0.1, 0.15) is 16.4 Å². The highest BCUT2D eigenvalue weighted by molar-refractivity contribution is 7.89. The predicted octanol–water partition coefficient (Wildman–Crippen LogP) is 2.16. The number of benzene rings is 1. The Bertz CT molecular complexity index is 712. The minimum atomic E-state index is -3.89. The summed E-state index contributed by atoms with van der Waals surface area (Å²) in [6.07, 6.45) is 6.48. The van der Waals surface area contributed by atoms with Gasteiger partial charge < -0.3 is 14.8 Å². The molecule has 26 heavy (non-hydrogen) atoms. The summed E-state index contributed by atoms with van der Waals surface area (Å²) in [7, 11) is 0.363. The minimum absolute atomic E-state index is 0.0240. The van der Waals surface area contributed by atoms with Crippen LogP contribution in [0, 0.1) is 0 Å². The minimum Gasteiger partial charge on any atom is -0.497 e. The zero-order valence-electron chi connectivity index (χ0n) is 15.7. The van der Waals surface area contributed by atoms with Crippen molar-refractivity contribution >= 4 is 15.9 Å². The number of rotatable bonds is 7. The third-order valence-electron chi connectivity index (χ3n) is 4.65. The number of hydrogen-bond donors (Lipinski definition) is 1. The SMILES string of the molecule is COc1ccc(OC)c(S(=O)(=O)N(C)CC(=O)NC2CCCCCC2)c1. The van der Waals surface area contributed by atoms with E-state index in [1.54, 1.807) is 6.07 Å². The molecule has 1 saturated carbocycles. The number of sulfonamides is 1. The van der Waals surface area contributed by atoms with Crippen LogP contribution in [0.4, 0.5) is 0 Å². The maximum absolute atomic E-state index is 12.9. The van der Waals surface area contributed by atoms with Crippen LogP contribution in [0.15, 0.2) is 23.1 Å². The molecule has 0 bridgehead atoms. The van der Waals surface area contributed by atoms with Crippen LogP contribution in [0.3, 0.4) is 0 Å². The molecule has 0 spiro atoms. The summed E-state index contributed by atoms with van der Waals surface area (Å²) in [5, 5.41) is 2.96. The number of nitrogens with zero attached hydrogens (tertiary/aromatic N) is 1. The van der Waals surface area contributed by atoms with E-state index in [2.05, 4.69) is 5.32 Å². The molecule has 1 aliphatic carbocycles. The van der Waals surface area contributed by atoms with E-state index in [-0.39, 0.29) is 29.1 Å². The molecule has 1 N–H and O–H groups in total. The lowest BCUT2D eigenvalue weighted by Crippen LogP contribution is -2.42. The monoisotopic (exact) mass is 384 g/mol. The molecule has 146 valence electrons. The number of carbonyl (C=O) groups excluding carboxylic acids is 1. The molecule has 0 radical (unpaired) electrons. The first-order valence-corrected chi connectivity index (χ1v) is 10.3. The molecule has 1 aromatic rings. The van der Waals surface area contributed by atoms with Crippen molar-refractivity contribution in [2.24, 2.45) is 0 Å². The van der Waals surface area contributed by atoms with Gasteiger partial charge in [-0.15, -0.1) is 0 Å². The van der Waals surface area contributed by atoms with Crippen molar-refractivity contribution in [3.63, 3.8) is 0 Å². The molecule has 0 aliphatic heterocycles. The highest BCUT2D eigenvalue weighted by Crippen LogP contribution is 2.30. The van der Waals surface area contributed by atoms with E-state index in [1.165, 1.54) is 46.2 Å². The van der Waals surface area contributed by atoms with E-state index in [0.717, 1.165) is 30.0 Å². The molecule has 1 amide bonds. The van der Waals surface area contributed by atoms with Gasteiger partial charge >= 0.3 is 0 Å². The van der Waals surface area contributed by atoms with Gasteiger partial charge in [0.2, 0.25) is 15.9 Å². The highest BCUT2D eigenvalue weighted by Gasteiger charge is 2.27. The normalized spacial score (nSPS) is 16.2. The van der Waals surface area contributed by atoms with E-state index < -0.39 is 10.0 Å². The zero-order chi connectivity index (χ0) is 19.2. The van der Waals surface area contributed by atoms with Crippen molar-refractivity contribution in [2.75, 3.05) is 27.8 Å². The Hall–Kier alpha value is -1.80. The molecule has 0 atom stereocenters. The summed E-state index contributed by atoms with van der Waals surface area (Å²) >= 11 is 0. The first kappa shape index (κ1) is 20.5. The van der Waals surface area contributed by atoms with Crippen molar-refractivity contribution in [1.29, 1.82) is 0 Å². The van der Waals surface area contributed by atoms with Crippen LogP contribution in [-0.2, 0) is 14.8 Å². The second kappa shape index (κ2) is 9.23. The molecule has 0 unspecified atom stereocenters. The Kier molecular flexibility index (Phi) is 7.28. The number of carbonyl (C=O) groups is 1. The molecule has 0 aromatic heterocycles. The topological polar surface area (TPSA) is 84.9 Å². The average Bonchev–Trinajstić information content (AvgIpc) is 2.89. The third-order valence-corrected chi connectivity index (χ3v) is 6.47. The van der Waals surface area contributed by atoms with Crippen LogP contribution in [0.25, 0.3) is 0 Å². The van der Waals surface area contributed by atoms with E-state index in [1.807, 2.05) is 0 Å². The third kappa shape index (κ3) is 5.11. The fraction of sp³-hybridized carbons (Fsp3) is 0.611. The van der Waals surface area contributed by atoms with Crippen LogP contribution in [0.2, 0.25) is 0 Å². The van der Waals surface area contributed by atoms with Gasteiger partial charge in [-0.2, -0.15) is 4.31 Å². The van der Waals surface area contributed by atoms with Gasteiger partial charge in [0.15, 0.2) is 0 Å². The fourth-order valence-electron chi connectivity index (χ4n) is 3.14. The molecular formula is C18H28N2O5S. The standard InChI is InChI=1S/C18H28N2O5S/c1-20(13-18(21)19-14-8-6-4-5-7-9-14)26(22,23)17-12-15(24-2)10-11-16(17)25-3/h10-12,14H,4-9,13H2,1-3H3,(H,19,21). The van der Waals surface area contributed by atoms with Gasteiger partial charge in [0.05, 0.1) is 20.8 Å². The number of amides is 1. The Labute approximate surface area is 155 Å². The molecule has 0 heterocycles. The molecular weight excluding hydrogens is 356 g/mol. The van der Waals surface area contributed by atoms with E-state index >= 15 is 0 Å². The second-order valence-electron chi connectivity index (χ2n) is 6.53. The molecule has 8 heteroatoms. The van der Waals surface area contributed by atoms with E-state index in [0.29, 0.717) is 5.75 Å². The Morgan fingerprint density at radius 1 is 1.15 bits per heavy atom. The Balaban J connectivity index is 2.09. The van der Waals surface area contributed by atoms with Crippen LogP contribution in [0.1, 0.15) is 38.5 Å². The van der Waals surface area contributed by atoms with Gasteiger partial charge in [-0.3, -0.25) is 4.79 Å². The molecule has 2 rings (SSSR count). The highest BCUT2D eigenvalue weighted by atomic mass is 32.2. The first-order chi connectivity index (χ1) is 12.4. The lowest BCUT2D eigenvalue weighted by Gasteiger charge is -2.21. The van der Waals surface area contributed by atoms with Gasteiger partial charge in [-0.05, 0) is 25.0 Å². The fourth-order valence-corrected chi connectivity index (χ4v) is 4.43. The zero-order valence-corrected chi connectivity index (χ0v) is 16.5. The predicted molar refractivity (Wildman–Crippen MR) is 99.0 cm³/mol. The second-order valence-corrected chi connectivity index (χ2v) is 8.55. The van der Waals surface area contributed by atoms with Gasteiger partial charge in [-0.1, -0.05) is 25.7 Å². The quantitative estimate of drug-likeness (QED) is 0.728. The van der Waals surface area contributed by atoms with Crippen molar-refractivity contribution in [3.8, 4) is 11.5 Å². The van der Waals surface area contributed by atoms with Crippen LogP contribution in [0.5, 0.6) is 11.5 Å². The van der Waals surface area contributed by atoms with E-state index in [9.17, 15) is 13.2 Å². The number of ether oxygens (including phenoxy) is 2. The maximum atomic E-state index is 12.9. The summed E-state index contributed by atoms with van der Waals surface area (Å²) in [6.45, 7) is -0.237. The summed E-state index contributed by atoms with van der Waals surface area (Å²) < 4.78 is 37.0. The molecule has 0 saturated heterocycles. The lowest BCUT2D eigenvalue weighted by atomic mass is 10.1. The molecule has 1 fully saturated rings. The molecule has 1 aliphatic rings. The Morgan fingerprint density at radius 2 is 1.81 bits per heavy atom. The van der Waals surface area contributed by atoms with Crippen LogP contribution in [-0.4, -0.2) is 52.5 Å².